The maximum absolute atomic E-state index is 13.7. The number of carbonyl (C=O) groups excluding carboxylic acids is 3. The Bertz CT molecular complexity index is 896. The molecule has 0 spiro atoms. The van der Waals surface area contributed by atoms with Gasteiger partial charge in [0.2, 0.25) is 11.8 Å². The molecule has 7 heteroatoms. The number of nitrogens with two attached hydrogens (primary N) is 1. The first-order valence-corrected chi connectivity index (χ1v) is 12.7. The first-order chi connectivity index (χ1) is 15.9. The normalized spacial score (nSPS) is 26.8. The molecule has 0 radical (unpaired) electrons. The van der Waals surface area contributed by atoms with Crippen molar-refractivity contribution in [3.05, 3.63) is 23.8 Å². The van der Waals surface area contributed by atoms with E-state index in [2.05, 4.69) is 10.6 Å². The molecule has 7 nitrogen and oxygen atoms in total. The van der Waals surface area contributed by atoms with Crippen LogP contribution >= 0.6 is 0 Å². The minimum Gasteiger partial charge on any atom is -0.348 e. The molecule has 2 saturated carbocycles. The molecule has 33 heavy (non-hydrogen) atoms. The average molecular weight is 455 g/mol. The number of amides is 3. The zero-order valence-corrected chi connectivity index (χ0v) is 19.9. The van der Waals surface area contributed by atoms with Gasteiger partial charge in [-0.3, -0.25) is 19.3 Å². The Labute approximate surface area is 196 Å². The lowest BCUT2D eigenvalue weighted by Crippen LogP contribution is -2.55. The molecule has 1 aliphatic heterocycles. The van der Waals surface area contributed by atoms with Crippen molar-refractivity contribution in [2.75, 3.05) is 10.2 Å². The lowest BCUT2D eigenvalue weighted by atomic mass is 9.86. The third-order valence-corrected chi connectivity index (χ3v) is 7.83. The van der Waals surface area contributed by atoms with Crippen LogP contribution in [0.5, 0.6) is 0 Å². The maximum Gasteiger partial charge on any atom is 0.251 e. The average Bonchev–Trinajstić information content (AvgIpc) is 2.83. The smallest absolute Gasteiger partial charge is 0.251 e. The van der Waals surface area contributed by atoms with Crippen molar-refractivity contribution in [1.82, 2.24) is 5.32 Å². The minimum atomic E-state index is -0.531. The molecule has 0 aromatic heterocycles. The van der Waals surface area contributed by atoms with E-state index in [1.807, 2.05) is 19.9 Å². The molecule has 2 aliphatic carbocycles. The van der Waals surface area contributed by atoms with E-state index in [1.54, 1.807) is 17.0 Å². The molecule has 0 bridgehead atoms. The lowest BCUT2D eigenvalue weighted by molar-refractivity contribution is -0.128. The number of anilines is 2. The van der Waals surface area contributed by atoms with Crippen LogP contribution in [0.25, 0.3) is 0 Å². The van der Waals surface area contributed by atoms with Crippen LogP contribution in [-0.4, -0.2) is 35.8 Å². The molecule has 4 unspecified atom stereocenters. The SMILES string of the molecule is CCC(C)C1C(=O)Nc2cc(C(=O)NC3CCCCC3N)ccc2N1C(=O)C1CCCCC1. The van der Waals surface area contributed by atoms with Gasteiger partial charge in [0.1, 0.15) is 6.04 Å². The minimum absolute atomic E-state index is 0.0278. The lowest BCUT2D eigenvalue weighted by Gasteiger charge is -2.41. The van der Waals surface area contributed by atoms with Crippen molar-refractivity contribution in [2.45, 2.75) is 96.2 Å². The number of hydrogen-bond acceptors (Lipinski definition) is 4. The first-order valence-electron chi connectivity index (χ1n) is 12.7. The summed E-state index contributed by atoms with van der Waals surface area (Å²) < 4.78 is 0. The first kappa shape index (κ1) is 23.7. The molecule has 0 saturated heterocycles. The number of benzene rings is 1. The van der Waals surface area contributed by atoms with E-state index in [9.17, 15) is 14.4 Å². The van der Waals surface area contributed by atoms with Crippen molar-refractivity contribution in [3.8, 4) is 0 Å². The van der Waals surface area contributed by atoms with Crippen LogP contribution in [0, 0.1) is 11.8 Å². The fourth-order valence-electron chi connectivity index (χ4n) is 5.59. The van der Waals surface area contributed by atoms with Crippen molar-refractivity contribution in [1.29, 1.82) is 0 Å². The van der Waals surface area contributed by atoms with Gasteiger partial charge in [-0.25, -0.2) is 0 Å². The van der Waals surface area contributed by atoms with Crippen LogP contribution in [0.2, 0.25) is 0 Å². The van der Waals surface area contributed by atoms with Gasteiger partial charge in [-0.05, 0) is 49.8 Å². The van der Waals surface area contributed by atoms with Gasteiger partial charge in [-0.1, -0.05) is 52.4 Å². The molecular weight excluding hydrogens is 416 g/mol. The number of nitrogens with one attached hydrogen (secondary N) is 2. The zero-order chi connectivity index (χ0) is 23.5. The Balaban J connectivity index is 1.62. The maximum atomic E-state index is 13.7. The van der Waals surface area contributed by atoms with Crippen molar-refractivity contribution < 1.29 is 14.4 Å². The highest BCUT2D eigenvalue weighted by Crippen LogP contribution is 2.38. The highest BCUT2D eigenvalue weighted by atomic mass is 16.2. The van der Waals surface area contributed by atoms with Crippen molar-refractivity contribution in [3.63, 3.8) is 0 Å². The summed E-state index contributed by atoms with van der Waals surface area (Å²) in [7, 11) is 0. The van der Waals surface area contributed by atoms with E-state index < -0.39 is 6.04 Å². The van der Waals surface area contributed by atoms with E-state index in [0.29, 0.717) is 16.9 Å². The molecule has 4 atom stereocenters. The highest BCUT2D eigenvalue weighted by molar-refractivity contribution is 6.13. The van der Waals surface area contributed by atoms with Gasteiger partial charge in [0.05, 0.1) is 11.4 Å². The molecular formula is C26H38N4O3. The monoisotopic (exact) mass is 454 g/mol. The second-order valence-electron chi connectivity index (χ2n) is 10.1. The van der Waals surface area contributed by atoms with Gasteiger partial charge in [-0.15, -0.1) is 0 Å². The number of fused-ring (bicyclic) bond motifs is 1. The molecule has 4 rings (SSSR count). The molecule has 4 N–H and O–H groups in total. The van der Waals surface area contributed by atoms with Gasteiger partial charge in [0, 0.05) is 23.6 Å². The molecule has 180 valence electrons. The third-order valence-electron chi connectivity index (χ3n) is 7.83. The van der Waals surface area contributed by atoms with E-state index in [4.69, 9.17) is 5.73 Å². The van der Waals surface area contributed by atoms with E-state index >= 15 is 0 Å². The molecule has 1 aromatic carbocycles. The Morgan fingerprint density at radius 2 is 1.82 bits per heavy atom. The number of rotatable bonds is 5. The Kier molecular flexibility index (Phi) is 7.37. The molecule has 2 fully saturated rings. The summed E-state index contributed by atoms with van der Waals surface area (Å²) in [5, 5.41) is 6.05. The van der Waals surface area contributed by atoms with Gasteiger partial charge < -0.3 is 16.4 Å². The van der Waals surface area contributed by atoms with Crippen LogP contribution in [0.15, 0.2) is 18.2 Å². The van der Waals surface area contributed by atoms with Crippen LogP contribution < -0.4 is 21.3 Å². The predicted octanol–water partition coefficient (Wildman–Crippen LogP) is 3.97. The van der Waals surface area contributed by atoms with Gasteiger partial charge in [0.15, 0.2) is 0 Å². The Morgan fingerprint density at radius 3 is 2.52 bits per heavy atom. The van der Waals surface area contributed by atoms with Crippen molar-refractivity contribution >= 4 is 29.1 Å². The second kappa shape index (κ2) is 10.2. The third kappa shape index (κ3) is 4.93. The summed E-state index contributed by atoms with van der Waals surface area (Å²) in [6, 6.07) is 4.69. The van der Waals surface area contributed by atoms with Crippen LogP contribution in [0.1, 0.15) is 88.4 Å². The van der Waals surface area contributed by atoms with Gasteiger partial charge in [0.25, 0.3) is 5.91 Å². The fraction of sp³-hybridized carbons (Fsp3) is 0.654. The van der Waals surface area contributed by atoms with Gasteiger partial charge in [-0.2, -0.15) is 0 Å². The van der Waals surface area contributed by atoms with Crippen molar-refractivity contribution in [2.24, 2.45) is 17.6 Å². The standard InChI is InChI=1S/C26H38N4O3/c1-3-16(2)23-25(32)29-21-15-18(24(31)28-20-12-8-7-11-19(20)27)13-14-22(21)30(23)26(33)17-9-5-4-6-10-17/h13-17,19-20,23H,3-12,27H2,1-2H3,(H,28,31)(H,29,32). The summed E-state index contributed by atoms with van der Waals surface area (Å²) in [4.78, 5) is 41.5. The zero-order valence-electron chi connectivity index (χ0n) is 19.9. The number of nitrogens with zero attached hydrogens (tertiary/aromatic N) is 1. The van der Waals surface area contributed by atoms with Crippen LogP contribution in [-0.2, 0) is 9.59 Å². The Hall–Kier alpha value is -2.41. The highest BCUT2D eigenvalue weighted by Gasteiger charge is 2.42. The number of hydrogen-bond donors (Lipinski definition) is 3. The van der Waals surface area contributed by atoms with Crippen LogP contribution in [0.4, 0.5) is 11.4 Å². The Morgan fingerprint density at radius 1 is 1.12 bits per heavy atom. The van der Waals surface area contributed by atoms with Crippen LogP contribution in [0.3, 0.4) is 0 Å². The summed E-state index contributed by atoms with van der Waals surface area (Å²) in [6.45, 7) is 4.06. The fourth-order valence-corrected chi connectivity index (χ4v) is 5.59. The predicted molar refractivity (Wildman–Crippen MR) is 130 cm³/mol. The molecule has 1 aromatic rings. The number of carbonyl (C=O) groups is 3. The largest absolute Gasteiger partial charge is 0.348 e. The van der Waals surface area contributed by atoms with Gasteiger partial charge >= 0.3 is 0 Å². The summed E-state index contributed by atoms with van der Waals surface area (Å²) in [6.07, 6.45) is 9.79. The topological polar surface area (TPSA) is 105 Å². The quantitative estimate of drug-likeness (QED) is 0.626. The summed E-state index contributed by atoms with van der Waals surface area (Å²) in [5.74, 6) is -0.334. The summed E-state index contributed by atoms with van der Waals surface area (Å²) >= 11 is 0. The molecule has 1 heterocycles. The summed E-state index contributed by atoms with van der Waals surface area (Å²) in [5.41, 5.74) is 7.90. The molecule has 3 amide bonds. The van der Waals surface area contributed by atoms with E-state index in [-0.39, 0.29) is 41.6 Å². The second-order valence-corrected chi connectivity index (χ2v) is 10.1. The van der Waals surface area contributed by atoms with E-state index in [0.717, 1.165) is 57.8 Å². The van der Waals surface area contributed by atoms with E-state index in [1.165, 1.54) is 6.42 Å². The molecule has 3 aliphatic rings.